The van der Waals surface area contributed by atoms with Gasteiger partial charge in [-0.05, 0) is 62.9 Å². The van der Waals surface area contributed by atoms with Crippen LogP contribution >= 0.6 is 0 Å². The van der Waals surface area contributed by atoms with Crippen molar-refractivity contribution in [3.05, 3.63) is 172 Å². The van der Waals surface area contributed by atoms with E-state index in [1.165, 1.54) is 55.6 Å². The van der Waals surface area contributed by atoms with Crippen LogP contribution in [0.4, 0.5) is 0 Å². The zero-order chi connectivity index (χ0) is 26.6. The molecule has 0 bridgehead atoms. The average Bonchev–Trinajstić information content (AvgIpc) is 3.50. The summed E-state index contributed by atoms with van der Waals surface area (Å²) >= 11 is 0. The second kappa shape index (κ2) is 9.24. The summed E-state index contributed by atoms with van der Waals surface area (Å²) in [5, 5.41) is 0. The van der Waals surface area contributed by atoms with E-state index in [0.717, 1.165) is 0 Å². The van der Waals surface area contributed by atoms with Crippen LogP contribution in [-0.2, 0) is 5.41 Å². The first-order valence-electron chi connectivity index (χ1n) is 14.2. The molecule has 39 heavy (non-hydrogen) atoms. The van der Waals surface area contributed by atoms with Crippen molar-refractivity contribution in [3.63, 3.8) is 0 Å². The van der Waals surface area contributed by atoms with Crippen LogP contribution in [0.5, 0.6) is 0 Å². The quantitative estimate of drug-likeness (QED) is 0.224. The first-order valence-corrected chi connectivity index (χ1v) is 14.2. The van der Waals surface area contributed by atoms with Crippen molar-refractivity contribution in [1.82, 2.24) is 0 Å². The van der Waals surface area contributed by atoms with Gasteiger partial charge in [-0.1, -0.05) is 153 Å². The van der Waals surface area contributed by atoms with E-state index in [1.807, 2.05) is 0 Å². The van der Waals surface area contributed by atoms with Gasteiger partial charge < -0.3 is 0 Å². The van der Waals surface area contributed by atoms with Crippen molar-refractivity contribution in [2.45, 2.75) is 43.9 Å². The number of rotatable bonds is 5. The Morgan fingerprint density at radius 2 is 1.05 bits per heavy atom. The molecule has 0 aromatic heterocycles. The van der Waals surface area contributed by atoms with E-state index in [4.69, 9.17) is 0 Å². The number of benzene rings is 5. The third-order valence-corrected chi connectivity index (χ3v) is 9.17. The van der Waals surface area contributed by atoms with Crippen molar-refractivity contribution in [1.29, 1.82) is 0 Å². The zero-order valence-electron chi connectivity index (χ0n) is 22.9. The highest BCUT2D eigenvalue weighted by molar-refractivity contribution is 5.82. The molecule has 0 N–H and O–H groups in total. The van der Waals surface area contributed by atoms with E-state index in [2.05, 4.69) is 154 Å². The van der Waals surface area contributed by atoms with Gasteiger partial charge in [0.15, 0.2) is 0 Å². The Hall–Kier alpha value is -4.16. The molecule has 2 aliphatic rings. The highest BCUT2D eigenvalue weighted by Crippen LogP contribution is 2.64. The SMILES string of the molecule is CC1=Cc2cc(C(C)C)ccc2C1C(c1ccccc1)(c1ccccc1)C1c2ccccc2-c2ccccc21. The lowest BCUT2D eigenvalue weighted by molar-refractivity contribution is 0.405. The minimum Gasteiger partial charge on any atom is -0.0639 e. The van der Waals surface area contributed by atoms with E-state index in [-0.39, 0.29) is 17.3 Å². The van der Waals surface area contributed by atoms with E-state index in [9.17, 15) is 0 Å². The first kappa shape index (κ1) is 23.9. The number of allylic oxidation sites excluding steroid dienone is 1. The molecule has 0 nitrogen and oxygen atoms in total. The largest absolute Gasteiger partial charge is 0.0639 e. The predicted molar refractivity (Wildman–Crippen MR) is 164 cm³/mol. The fourth-order valence-electron chi connectivity index (χ4n) is 7.59. The number of fused-ring (bicyclic) bond motifs is 4. The lowest BCUT2D eigenvalue weighted by Crippen LogP contribution is -2.41. The minimum absolute atomic E-state index is 0.166. The monoisotopic (exact) mass is 502 g/mol. The normalized spacial score (nSPS) is 16.1. The lowest BCUT2D eigenvalue weighted by Gasteiger charge is -2.47. The molecule has 5 aromatic carbocycles. The van der Waals surface area contributed by atoms with E-state index in [1.54, 1.807) is 0 Å². The number of hydrogen-bond donors (Lipinski definition) is 0. The molecule has 0 saturated carbocycles. The molecule has 190 valence electrons. The van der Waals surface area contributed by atoms with Gasteiger partial charge in [0.1, 0.15) is 0 Å². The average molecular weight is 503 g/mol. The van der Waals surface area contributed by atoms with E-state index in [0.29, 0.717) is 5.92 Å². The smallest absolute Gasteiger partial charge is 0.0418 e. The Labute approximate surface area is 232 Å². The molecule has 0 spiro atoms. The fraction of sp³-hybridized carbons (Fsp3) is 0.179. The van der Waals surface area contributed by atoms with Gasteiger partial charge in [0.05, 0.1) is 0 Å². The Morgan fingerprint density at radius 3 is 1.59 bits per heavy atom. The maximum Gasteiger partial charge on any atom is 0.0418 e. The van der Waals surface area contributed by atoms with Crippen LogP contribution in [0.25, 0.3) is 17.2 Å². The molecule has 5 aromatic rings. The third-order valence-electron chi connectivity index (χ3n) is 9.17. The van der Waals surface area contributed by atoms with Gasteiger partial charge in [0.2, 0.25) is 0 Å². The van der Waals surface area contributed by atoms with E-state index < -0.39 is 0 Å². The summed E-state index contributed by atoms with van der Waals surface area (Å²) in [5.74, 6) is 0.867. The van der Waals surface area contributed by atoms with Gasteiger partial charge in [0.25, 0.3) is 0 Å². The Morgan fingerprint density at radius 1 is 0.538 bits per heavy atom. The summed E-state index contributed by atoms with van der Waals surface area (Å²) in [6, 6.07) is 48.0. The Bertz CT molecular complexity index is 1600. The molecule has 0 heteroatoms. The van der Waals surface area contributed by atoms with Crippen LogP contribution in [0.1, 0.15) is 77.5 Å². The molecule has 0 aliphatic heterocycles. The zero-order valence-corrected chi connectivity index (χ0v) is 22.9. The van der Waals surface area contributed by atoms with Gasteiger partial charge in [-0.2, -0.15) is 0 Å². The molecule has 2 aliphatic carbocycles. The standard InChI is InChI=1S/C39H34/c1-26(2)28-22-23-32-29(25-28)24-27(3)37(32)39(30-14-6-4-7-15-30,31-16-8-5-9-17-31)38-35-20-12-10-18-33(35)34-19-11-13-21-36(34)38/h4-26,37-38H,1-3H3. The maximum atomic E-state index is 2.46. The molecule has 7 rings (SSSR count). The van der Waals surface area contributed by atoms with Crippen LogP contribution in [0.15, 0.2) is 133 Å². The second-order valence-electron chi connectivity index (χ2n) is 11.6. The summed E-state index contributed by atoms with van der Waals surface area (Å²) < 4.78 is 0. The van der Waals surface area contributed by atoms with Crippen LogP contribution in [-0.4, -0.2) is 0 Å². The summed E-state index contributed by atoms with van der Waals surface area (Å²) in [5.41, 5.74) is 13.6. The molecular formula is C39H34. The van der Waals surface area contributed by atoms with Crippen molar-refractivity contribution in [2.24, 2.45) is 0 Å². The summed E-state index contributed by atoms with van der Waals surface area (Å²) in [6.45, 7) is 6.93. The van der Waals surface area contributed by atoms with Crippen LogP contribution in [0.3, 0.4) is 0 Å². The topological polar surface area (TPSA) is 0 Å². The van der Waals surface area contributed by atoms with Crippen LogP contribution in [0, 0.1) is 0 Å². The van der Waals surface area contributed by atoms with Crippen molar-refractivity contribution < 1.29 is 0 Å². The first-order chi connectivity index (χ1) is 19.1. The molecule has 0 saturated heterocycles. The number of hydrogen-bond acceptors (Lipinski definition) is 0. The fourth-order valence-corrected chi connectivity index (χ4v) is 7.59. The summed E-state index contributed by atoms with van der Waals surface area (Å²) in [6.07, 6.45) is 2.46. The predicted octanol–water partition coefficient (Wildman–Crippen LogP) is 10.1. The third kappa shape index (κ3) is 3.51. The Kier molecular flexibility index (Phi) is 5.67. The van der Waals surface area contributed by atoms with Crippen molar-refractivity contribution in [2.75, 3.05) is 0 Å². The molecule has 0 heterocycles. The van der Waals surface area contributed by atoms with Gasteiger partial charge in [-0.3, -0.25) is 0 Å². The highest BCUT2D eigenvalue weighted by atomic mass is 14.6. The van der Waals surface area contributed by atoms with Gasteiger partial charge >= 0.3 is 0 Å². The molecule has 1 atom stereocenters. The molecule has 1 unspecified atom stereocenters. The lowest BCUT2D eigenvalue weighted by atomic mass is 9.54. The second-order valence-corrected chi connectivity index (χ2v) is 11.6. The molecule has 0 fully saturated rings. The maximum absolute atomic E-state index is 2.46. The van der Waals surface area contributed by atoms with Crippen LogP contribution in [0.2, 0.25) is 0 Å². The summed E-state index contributed by atoms with van der Waals surface area (Å²) in [7, 11) is 0. The van der Waals surface area contributed by atoms with E-state index >= 15 is 0 Å². The Balaban J connectivity index is 1.62. The van der Waals surface area contributed by atoms with Crippen LogP contribution < -0.4 is 0 Å². The molecule has 0 radical (unpaired) electrons. The van der Waals surface area contributed by atoms with Crippen molar-refractivity contribution >= 4 is 6.08 Å². The highest BCUT2D eigenvalue weighted by Gasteiger charge is 2.54. The summed E-state index contributed by atoms with van der Waals surface area (Å²) in [4.78, 5) is 0. The molecule has 0 amide bonds. The molecular weight excluding hydrogens is 468 g/mol. The van der Waals surface area contributed by atoms with Gasteiger partial charge in [0, 0.05) is 17.3 Å². The van der Waals surface area contributed by atoms with Gasteiger partial charge in [-0.15, -0.1) is 0 Å². The van der Waals surface area contributed by atoms with Gasteiger partial charge in [-0.25, -0.2) is 0 Å². The van der Waals surface area contributed by atoms with Crippen molar-refractivity contribution in [3.8, 4) is 11.1 Å². The minimum atomic E-state index is -0.337.